The number of hydrogen-bond donors (Lipinski definition) is 2. The molecule has 1 aliphatic heterocycles. The van der Waals surface area contributed by atoms with E-state index >= 15 is 0 Å². The monoisotopic (exact) mass is 309 g/mol. The summed E-state index contributed by atoms with van der Waals surface area (Å²) in [6.45, 7) is 5.17. The quantitative estimate of drug-likeness (QED) is 0.746. The van der Waals surface area contributed by atoms with Crippen LogP contribution in [0.4, 0.5) is 5.82 Å². The Hall–Kier alpha value is -1.80. The van der Waals surface area contributed by atoms with E-state index in [0.29, 0.717) is 31.1 Å². The van der Waals surface area contributed by atoms with E-state index in [0.717, 1.165) is 0 Å². The highest BCUT2D eigenvalue weighted by atomic mass is 32.1. The minimum atomic E-state index is -0.467. The molecule has 0 aromatic carbocycles. The predicted molar refractivity (Wildman–Crippen MR) is 83.2 cm³/mol. The molecule has 1 fully saturated rings. The van der Waals surface area contributed by atoms with Crippen molar-refractivity contribution in [2.24, 2.45) is 5.73 Å². The summed E-state index contributed by atoms with van der Waals surface area (Å²) in [5.41, 5.74) is 6.34. The maximum absolute atomic E-state index is 12.3. The molecule has 2 rings (SSSR count). The molecule has 8 heteroatoms. The SMILES string of the molecule is CC(C)NC(=O)C1COCCN1c1nnccc1C(N)=S. The minimum Gasteiger partial charge on any atom is -0.389 e. The van der Waals surface area contributed by atoms with Gasteiger partial charge in [0.05, 0.1) is 25.0 Å². The van der Waals surface area contributed by atoms with Crippen molar-refractivity contribution in [2.75, 3.05) is 24.7 Å². The van der Waals surface area contributed by atoms with Crippen LogP contribution in [0, 0.1) is 0 Å². The molecule has 1 amide bonds. The lowest BCUT2D eigenvalue weighted by Gasteiger charge is -2.36. The Labute approximate surface area is 128 Å². The molecule has 1 aromatic heterocycles. The van der Waals surface area contributed by atoms with Gasteiger partial charge >= 0.3 is 0 Å². The summed E-state index contributed by atoms with van der Waals surface area (Å²) >= 11 is 5.04. The number of anilines is 1. The first-order valence-electron chi connectivity index (χ1n) is 6.77. The third-order valence-electron chi connectivity index (χ3n) is 3.10. The smallest absolute Gasteiger partial charge is 0.245 e. The first kappa shape index (κ1) is 15.6. The van der Waals surface area contributed by atoms with Crippen molar-refractivity contribution in [3.8, 4) is 0 Å². The fourth-order valence-electron chi connectivity index (χ4n) is 2.18. The molecular formula is C13H19N5O2S. The lowest BCUT2D eigenvalue weighted by molar-refractivity contribution is -0.125. The van der Waals surface area contributed by atoms with Gasteiger partial charge in [-0.25, -0.2) is 0 Å². The Bertz CT molecular complexity index is 537. The zero-order valence-corrected chi connectivity index (χ0v) is 12.9. The molecule has 0 radical (unpaired) electrons. The Balaban J connectivity index is 2.31. The van der Waals surface area contributed by atoms with Gasteiger partial charge in [-0.05, 0) is 19.9 Å². The van der Waals surface area contributed by atoms with E-state index in [2.05, 4.69) is 15.5 Å². The largest absolute Gasteiger partial charge is 0.389 e. The van der Waals surface area contributed by atoms with Crippen molar-refractivity contribution in [2.45, 2.75) is 25.9 Å². The molecular weight excluding hydrogens is 290 g/mol. The van der Waals surface area contributed by atoms with E-state index < -0.39 is 6.04 Å². The molecule has 21 heavy (non-hydrogen) atoms. The van der Waals surface area contributed by atoms with Gasteiger partial charge in [0.1, 0.15) is 11.0 Å². The van der Waals surface area contributed by atoms with E-state index in [1.807, 2.05) is 18.7 Å². The molecule has 114 valence electrons. The molecule has 1 saturated heterocycles. The van der Waals surface area contributed by atoms with Gasteiger partial charge in [-0.3, -0.25) is 4.79 Å². The molecule has 3 N–H and O–H groups in total. The van der Waals surface area contributed by atoms with Crippen LogP contribution in [0.15, 0.2) is 12.3 Å². The number of carbonyl (C=O) groups is 1. The number of nitrogens with two attached hydrogens (primary N) is 1. The van der Waals surface area contributed by atoms with Crippen LogP contribution >= 0.6 is 12.2 Å². The minimum absolute atomic E-state index is 0.0539. The van der Waals surface area contributed by atoms with E-state index in [-0.39, 0.29) is 16.9 Å². The summed E-state index contributed by atoms with van der Waals surface area (Å²) < 4.78 is 5.42. The van der Waals surface area contributed by atoms with E-state index in [1.165, 1.54) is 6.20 Å². The van der Waals surface area contributed by atoms with Crippen LogP contribution in [0.5, 0.6) is 0 Å². The predicted octanol–water partition coefficient (Wildman–Crippen LogP) is -0.159. The number of nitrogens with one attached hydrogen (secondary N) is 1. The van der Waals surface area contributed by atoms with Crippen LogP contribution in [0.25, 0.3) is 0 Å². The second-order valence-electron chi connectivity index (χ2n) is 5.08. The van der Waals surface area contributed by atoms with Gasteiger partial charge in [0.25, 0.3) is 0 Å². The van der Waals surface area contributed by atoms with Crippen LogP contribution in [-0.4, -0.2) is 52.9 Å². The van der Waals surface area contributed by atoms with Crippen LogP contribution in [-0.2, 0) is 9.53 Å². The zero-order valence-electron chi connectivity index (χ0n) is 12.1. The number of aromatic nitrogens is 2. The van der Waals surface area contributed by atoms with Crippen molar-refractivity contribution in [3.05, 3.63) is 17.8 Å². The van der Waals surface area contributed by atoms with E-state index in [1.54, 1.807) is 6.07 Å². The summed E-state index contributed by atoms with van der Waals surface area (Å²) in [5, 5.41) is 10.9. The third kappa shape index (κ3) is 3.64. The Morgan fingerprint density at radius 3 is 3.05 bits per heavy atom. The first-order valence-corrected chi connectivity index (χ1v) is 7.17. The maximum atomic E-state index is 12.3. The van der Waals surface area contributed by atoms with Gasteiger partial charge in [0, 0.05) is 12.6 Å². The Kier molecular flexibility index (Phi) is 5.03. The van der Waals surface area contributed by atoms with Crippen molar-refractivity contribution in [1.29, 1.82) is 0 Å². The molecule has 1 atom stereocenters. The van der Waals surface area contributed by atoms with Gasteiger partial charge in [-0.1, -0.05) is 12.2 Å². The molecule has 0 bridgehead atoms. The van der Waals surface area contributed by atoms with Crippen LogP contribution in [0.1, 0.15) is 19.4 Å². The lowest BCUT2D eigenvalue weighted by atomic mass is 10.1. The molecule has 0 spiro atoms. The Morgan fingerprint density at radius 2 is 2.38 bits per heavy atom. The number of morpholine rings is 1. The van der Waals surface area contributed by atoms with Crippen LogP contribution in [0.2, 0.25) is 0 Å². The number of hydrogen-bond acceptors (Lipinski definition) is 6. The van der Waals surface area contributed by atoms with Gasteiger partial charge in [0.2, 0.25) is 5.91 Å². The van der Waals surface area contributed by atoms with Crippen molar-refractivity contribution >= 4 is 28.9 Å². The lowest BCUT2D eigenvalue weighted by Crippen LogP contribution is -2.55. The normalized spacial score (nSPS) is 18.6. The number of rotatable bonds is 4. The first-order chi connectivity index (χ1) is 10.0. The standard InChI is InChI=1S/C13H19N5O2S/c1-8(2)16-13(19)10-7-20-6-5-18(10)12-9(11(14)21)3-4-15-17-12/h3-4,8,10H,5-7H2,1-2H3,(H2,14,21)(H,16,19). The van der Waals surface area contributed by atoms with Crippen LogP contribution in [0.3, 0.4) is 0 Å². The van der Waals surface area contributed by atoms with Crippen molar-refractivity contribution < 1.29 is 9.53 Å². The van der Waals surface area contributed by atoms with Gasteiger partial charge < -0.3 is 20.7 Å². The number of amides is 1. The zero-order chi connectivity index (χ0) is 15.4. The molecule has 1 unspecified atom stereocenters. The second kappa shape index (κ2) is 6.77. The highest BCUT2D eigenvalue weighted by Gasteiger charge is 2.32. The van der Waals surface area contributed by atoms with Crippen molar-refractivity contribution in [3.63, 3.8) is 0 Å². The second-order valence-corrected chi connectivity index (χ2v) is 5.52. The molecule has 1 aromatic rings. The number of nitrogens with zero attached hydrogens (tertiary/aromatic N) is 3. The van der Waals surface area contributed by atoms with Gasteiger partial charge in [0.15, 0.2) is 5.82 Å². The summed E-state index contributed by atoms with van der Waals surface area (Å²) in [4.78, 5) is 14.4. The average molecular weight is 309 g/mol. The Morgan fingerprint density at radius 1 is 1.62 bits per heavy atom. The van der Waals surface area contributed by atoms with Gasteiger partial charge in [-0.15, -0.1) is 5.10 Å². The topological polar surface area (TPSA) is 93.4 Å². The third-order valence-corrected chi connectivity index (χ3v) is 3.32. The highest BCUT2D eigenvalue weighted by molar-refractivity contribution is 7.80. The van der Waals surface area contributed by atoms with E-state index in [4.69, 9.17) is 22.7 Å². The summed E-state index contributed by atoms with van der Waals surface area (Å²) in [7, 11) is 0. The number of ether oxygens (including phenoxy) is 1. The maximum Gasteiger partial charge on any atom is 0.245 e. The van der Waals surface area contributed by atoms with Crippen LogP contribution < -0.4 is 16.0 Å². The molecule has 2 heterocycles. The molecule has 7 nitrogen and oxygen atoms in total. The van der Waals surface area contributed by atoms with Gasteiger partial charge in [-0.2, -0.15) is 5.10 Å². The fraction of sp³-hybridized carbons (Fsp3) is 0.538. The summed E-state index contributed by atoms with van der Waals surface area (Å²) in [6, 6.07) is 1.29. The number of carbonyl (C=O) groups excluding carboxylic acids is 1. The summed E-state index contributed by atoms with van der Waals surface area (Å²) in [6.07, 6.45) is 1.53. The molecule has 1 aliphatic rings. The fourth-order valence-corrected chi connectivity index (χ4v) is 2.34. The number of thiocarbonyl (C=S) groups is 1. The average Bonchev–Trinajstić information content (AvgIpc) is 2.46. The van der Waals surface area contributed by atoms with E-state index in [9.17, 15) is 4.79 Å². The summed E-state index contributed by atoms with van der Waals surface area (Å²) in [5.74, 6) is 0.418. The molecule has 0 saturated carbocycles. The molecule has 0 aliphatic carbocycles. The highest BCUT2D eigenvalue weighted by Crippen LogP contribution is 2.21. The van der Waals surface area contributed by atoms with Crippen molar-refractivity contribution in [1.82, 2.24) is 15.5 Å².